The number of carbonyl (C=O) groups is 1. The van der Waals surface area contributed by atoms with Crippen molar-refractivity contribution >= 4 is 33.6 Å². The van der Waals surface area contributed by atoms with E-state index in [2.05, 4.69) is 35.1 Å². The highest BCUT2D eigenvalue weighted by molar-refractivity contribution is 9.10. The third-order valence-corrected chi connectivity index (χ3v) is 5.21. The Labute approximate surface area is 169 Å². The van der Waals surface area contributed by atoms with Crippen LogP contribution in [0, 0.1) is 25.2 Å². The molecule has 4 nitrogen and oxygen atoms in total. The minimum absolute atomic E-state index is 0.0542. The lowest BCUT2D eigenvalue weighted by molar-refractivity contribution is -0.112. The Kier molecular flexibility index (Phi) is 6.81. The van der Waals surface area contributed by atoms with E-state index < -0.39 is 5.91 Å². The highest BCUT2D eigenvalue weighted by Crippen LogP contribution is 2.30. The molecule has 2 aromatic rings. The summed E-state index contributed by atoms with van der Waals surface area (Å²) in [5.74, 6) is 0.645. The van der Waals surface area contributed by atoms with Crippen molar-refractivity contribution < 1.29 is 9.53 Å². The predicted molar refractivity (Wildman–Crippen MR) is 113 cm³/mol. The summed E-state index contributed by atoms with van der Waals surface area (Å²) in [5, 5.41) is 12.3. The Morgan fingerprint density at radius 3 is 2.48 bits per heavy atom. The highest BCUT2D eigenvalue weighted by Gasteiger charge is 2.14. The number of ether oxygens (including phenoxy) is 1. The molecule has 0 aromatic heterocycles. The predicted octanol–water partition coefficient (Wildman–Crippen LogP) is 5.74. The van der Waals surface area contributed by atoms with Gasteiger partial charge in [-0.2, -0.15) is 5.26 Å². The molecule has 27 heavy (non-hydrogen) atoms. The van der Waals surface area contributed by atoms with E-state index in [1.165, 1.54) is 0 Å². The van der Waals surface area contributed by atoms with Crippen LogP contribution in [-0.4, -0.2) is 13.0 Å². The molecule has 0 unspecified atom stereocenters. The van der Waals surface area contributed by atoms with Crippen LogP contribution in [0.2, 0.25) is 0 Å². The van der Waals surface area contributed by atoms with Gasteiger partial charge in [-0.05, 0) is 78.4 Å². The standard InChI is InChI=1S/C22H23BrN2O2/c1-13(2)19-11-16(14(3)9-21(19)27-5)10-17(12-24)22(26)25-18-6-7-20(23)15(4)8-18/h6-11,13H,1-5H3,(H,25,26)/b17-10+. The number of amides is 1. The van der Waals surface area contributed by atoms with Crippen LogP contribution in [0.15, 0.2) is 40.4 Å². The van der Waals surface area contributed by atoms with E-state index in [9.17, 15) is 10.1 Å². The molecule has 0 atom stereocenters. The second-order valence-corrected chi connectivity index (χ2v) is 7.55. The van der Waals surface area contributed by atoms with Gasteiger partial charge in [0.25, 0.3) is 5.91 Å². The number of nitriles is 1. The van der Waals surface area contributed by atoms with Gasteiger partial charge in [0.15, 0.2) is 0 Å². The van der Waals surface area contributed by atoms with Gasteiger partial charge >= 0.3 is 0 Å². The number of hydrogen-bond acceptors (Lipinski definition) is 3. The molecular formula is C22H23BrN2O2. The molecule has 1 amide bonds. The molecule has 0 fully saturated rings. The number of anilines is 1. The topological polar surface area (TPSA) is 62.1 Å². The summed E-state index contributed by atoms with van der Waals surface area (Å²) in [6.07, 6.45) is 1.63. The van der Waals surface area contributed by atoms with E-state index in [4.69, 9.17) is 4.74 Å². The lowest BCUT2D eigenvalue weighted by atomic mass is 9.95. The Bertz CT molecular complexity index is 940. The fourth-order valence-electron chi connectivity index (χ4n) is 2.72. The van der Waals surface area contributed by atoms with E-state index in [-0.39, 0.29) is 11.5 Å². The van der Waals surface area contributed by atoms with Crippen molar-refractivity contribution in [2.75, 3.05) is 12.4 Å². The SMILES string of the molecule is COc1cc(C)c(/C=C(\C#N)C(=O)Nc2ccc(Br)c(C)c2)cc1C(C)C. The highest BCUT2D eigenvalue weighted by atomic mass is 79.9. The van der Waals surface area contributed by atoms with Crippen LogP contribution >= 0.6 is 15.9 Å². The number of hydrogen-bond donors (Lipinski definition) is 1. The maximum absolute atomic E-state index is 12.6. The Hall–Kier alpha value is -2.58. The van der Waals surface area contributed by atoms with Crippen molar-refractivity contribution in [1.82, 2.24) is 0 Å². The third-order valence-electron chi connectivity index (χ3n) is 4.32. The zero-order valence-corrected chi connectivity index (χ0v) is 17.8. The van der Waals surface area contributed by atoms with Crippen LogP contribution in [0.5, 0.6) is 5.75 Å². The average molecular weight is 427 g/mol. The van der Waals surface area contributed by atoms with Crippen LogP contribution in [0.1, 0.15) is 42.0 Å². The number of methoxy groups -OCH3 is 1. The largest absolute Gasteiger partial charge is 0.496 e. The normalized spacial score (nSPS) is 11.3. The first-order valence-electron chi connectivity index (χ1n) is 8.64. The Morgan fingerprint density at radius 2 is 1.93 bits per heavy atom. The number of rotatable bonds is 5. The number of aryl methyl sites for hydroxylation is 2. The zero-order chi connectivity index (χ0) is 20.1. The van der Waals surface area contributed by atoms with Gasteiger partial charge in [0, 0.05) is 10.2 Å². The molecule has 0 saturated heterocycles. The van der Waals surface area contributed by atoms with Crippen molar-refractivity contribution in [1.29, 1.82) is 5.26 Å². The van der Waals surface area contributed by atoms with E-state index in [1.807, 2.05) is 44.2 Å². The van der Waals surface area contributed by atoms with Crippen LogP contribution in [0.4, 0.5) is 5.69 Å². The maximum Gasteiger partial charge on any atom is 0.266 e. The van der Waals surface area contributed by atoms with Gasteiger partial charge in [0.1, 0.15) is 17.4 Å². The smallest absolute Gasteiger partial charge is 0.266 e. The summed E-state index contributed by atoms with van der Waals surface area (Å²) < 4.78 is 6.42. The summed E-state index contributed by atoms with van der Waals surface area (Å²) >= 11 is 3.43. The average Bonchev–Trinajstić information content (AvgIpc) is 2.63. The zero-order valence-electron chi connectivity index (χ0n) is 16.2. The van der Waals surface area contributed by atoms with Gasteiger partial charge in [-0.25, -0.2) is 0 Å². The first-order valence-corrected chi connectivity index (χ1v) is 9.44. The molecule has 2 aromatic carbocycles. The van der Waals surface area contributed by atoms with Gasteiger partial charge in [0.2, 0.25) is 0 Å². The van der Waals surface area contributed by atoms with E-state index in [0.29, 0.717) is 5.69 Å². The van der Waals surface area contributed by atoms with Crippen molar-refractivity contribution in [2.45, 2.75) is 33.6 Å². The number of nitrogens with one attached hydrogen (secondary N) is 1. The van der Waals surface area contributed by atoms with E-state index in [0.717, 1.165) is 32.5 Å². The number of halogens is 1. The van der Waals surface area contributed by atoms with Gasteiger partial charge in [-0.1, -0.05) is 29.8 Å². The molecule has 5 heteroatoms. The Balaban J connectivity index is 2.37. The minimum atomic E-state index is -0.430. The lowest BCUT2D eigenvalue weighted by Crippen LogP contribution is -2.13. The summed E-state index contributed by atoms with van der Waals surface area (Å²) in [5.41, 5.74) is 4.52. The van der Waals surface area contributed by atoms with Crippen molar-refractivity contribution in [3.05, 3.63) is 62.6 Å². The van der Waals surface area contributed by atoms with E-state index in [1.54, 1.807) is 19.3 Å². The Morgan fingerprint density at radius 1 is 1.22 bits per heavy atom. The molecule has 0 aliphatic rings. The fraction of sp³-hybridized carbons (Fsp3) is 0.273. The van der Waals surface area contributed by atoms with Crippen LogP contribution in [0.25, 0.3) is 6.08 Å². The summed E-state index contributed by atoms with van der Waals surface area (Å²) in [6.45, 7) is 8.03. The molecule has 1 N–H and O–H groups in total. The summed E-state index contributed by atoms with van der Waals surface area (Å²) in [7, 11) is 1.64. The van der Waals surface area contributed by atoms with Crippen molar-refractivity contribution in [3.8, 4) is 11.8 Å². The molecular weight excluding hydrogens is 404 g/mol. The van der Waals surface area contributed by atoms with E-state index >= 15 is 0 Å². The van der Waals surface area contributed by atoms with Gasteiger partial charge in [0.05, 0.1) is 7.11 Å². The molecule has 140 valence electrons. The molecule has 0 saturated carbocycles. The third kappa shape index (κ3) is 4.99. The molecule has 0 heterocycles. The maximum atomic E-state index is 12.6. The van der Waals surface area contributed by atoms with Crippen molar-refractivity contribution in [3.63, 3.8) is 0 Å². The second kappa shape index (κ2) is 8.88. The van der Waals surface area contributed by atoms with Crippen LogP contribution in [-0.2, 0) is 4.79 Å². The first kappa shape index (κ1) is 20.7. The van der Waals surface area contributed by atoms with Crippen LogP contribution in [0.3, 0.4) is 0 Å². The van der Waals surface area contributed by atoms with Gasteiger partial charge < -0.3 is 10.1 Å². The minimum Gasteiger partial charge on any atom is -0.496 e. The summed E-state index contributed by atoms with van der Waals surface area (Å²) in [4.78, 5) is 12.6. The monoisotopic (exact) mass is 426 g/mol. The number of benzene rings is 2. The lowest BCUT2D eigenvalue weighted by Gasteiger charge is -2.15. The molecule has 0 spiro atoms. The molecule has 0 aliphatic heterocycles. The van der Waals surface area contributed by atoms with Crippen LogP contribution < -0.4 is 10.1 Å². The molecule has 0 radical (unpaired) electrons. The van der Waals surface area contributed by atoms with Gasteiger partial charge in [-0.3, -0.25) is 4.79 Å². The van der Waals surface area contributed by atoms with Crippen molar-refractivity contribution in [2.24, 2.45) is 0 Å². The fourth-order valence-corrected chi connectivity index (χ4v) is 2.97. The molecule has 0 aliphatic carbocycles. The first-order chi connectivity index (χ1) is 12.8. The molecule has 2 rings (SSSR count). The summed E-state index contributed by atoms with van der Waals surface area (Å²) in [6, 6.07) is 11.4. The van der Waals surface area contributed by atoms with Gasteiger partial charge in [-0.15, -0.1) is 0 Å². The molecule has 0 bridgehead atoms. The number of carbonyl (C=O) groups excluding carboxylic acids is 1. The second-order valence-electron chi connectivity index (χ2n) is 6.69. The number of nitrogens with zero attached hydrogens (tertiary/aromatic N) is 1. The quantitative estimate of drug-likeness (QED) is 0.489.